The lowest BCUT2D eigenvalue weighted by Crippen LogP contribution is -2.54. The lowest BCUT2D eigenvalue weighted by Gasteiger charge is -2.37. The third kappa shape index (κ3) is 4.93. The van der Waals surface area contributed by atoms with Crippen LogP contribution in [0.25, 0.3) is 10.8 Å². The van der Waals surface area contributed by atoms with Crippen molar-refractivity contribution in [3.8, 4) is 0 Å². The number of likely N-dealkylation sites (tertiary alicyclic amines) is 1. The maximum atomic E-state index is 12.5. The third-order valence-electron chi connectivity index (χ3n) is 6.27. The topological polar surface area (TPSA) is 51.2 Å². The van der Waals surface area contributed by atoms with Gasteiger partial charge in [0.15, 0.2) is 5.96 Å². The molecule has 30 heavy (non-hydrogen) atoms. The zero-order chi connectivity index (χ0) is 20.8. The van der Waals surface area contributed by atoms with Crippen LogP contribution in [0.4, 0.5) is 0 Å². The van der Waals surface area contributed by atoms with Gasteiger partial charge >= 0.3 is 0 Å². The van der Waals surface area contributed by atoms with Crippen LogP contribution in [0.3, 0.4) is 0 Å². The van der Waals surface area contributed by atoms with E-state index in [0.29, 0.717) is 12.5 Å². The Hall–Kier alpha value is -2.60. The highest BCUT2D eigenvalue weighted by Crippen LogP contribution is 2.18. The number of benzene rings is 2. The summed E-state index contributed by atoms with van der Waals surface area (Å²) >= 11 is 0. The lowest BCUT2D eigenvalue weighted by atomic mass is 10.0. The van der Waals surface area contributed by atoms with Gasteiger partial charge in [-0.15, -0.1) is 0 Å². The van der Waals surface area contributed by atoms with Gasteiger partial charge in [-0.3, -0.25) is 14.7 Å². The predicted octanol–water partition coefficient (Wildman–Crippen LogP) is 2.55. The van der Waals surface area contributed by atoms with Gasteiger partial charge in [0.05, 0.1) is 6.54 Å². The Balaban J connectivity index is 1.28. The number of carbonyl (C=O) groups is 1. The highest BCUT2D eigenvalue weighted by Gasteiger charge is 2.24. The van der Waals surface area contributed by atoms with Gasteiger partial charge in [0.25, 0.3) is 0 Å². The molecule has 0 aliphatic carbocycles. The number of carbonyl (C=O) groups excluding carboxylic acids is 1. The van der Waals surface area contributed by atoms with Crippen molar-refractivity contribution in [3.05, 3.63) is 48.0 Å². The second-order valence-corrected chi connectivity index (χ2v) is 8.24. The fourth-order valence-electron chi connectivity index (χ4n) is 4.51. The molecule has 0 aromatic heterocycles. The van der Waals surface area contributed by atoms with Crippen LogP contribution in [-0.2, 0) is 11.3 Å². The molecule has 2 saturated heterocycles. The number of hydrogen-bond acceptors (Lipinski definition) is 3. The largest absolute Gasteiger partial charge is 0.352 e. The van der Waals surface area contributed by atoms with Crippen molar-refractivity contribution in [2.75, 3.05) is 52.9 Å². The molecule has 6 heteroatoms. The van der Waals surface area contributed by atoms with Crippen LogP contribution in [0.1, 0.15) is 24.8 Å². The van der Waals surface area contributed by atoms with Crippen LogP contribution in [0.15, 0.2) is 47.5 Å². The average Bonchev–Trinajstić information content (AvgIpc) is 2.81. The molecule has 2 aromatic carbocycles. The summed E-state index contributed by atoms with van der Waals surface area (Å²) < 4.78 is 0. The number of hydrogen-bond donors (Lipinski definition) is 1. The maximum absolute atomic E-state index is 12.5. The quantitative estimate of drug-likeness (QED) is 0.625. The smallest absolute Gasteiger partial charge is 0.236 e. The normalized spacial score (nSPS) is 18.6. The molecule has 1 N–H and O–H groups in total. The third-order valence-corrected chi connectivity index (χ3v) is 6.27. The summed E-state index contributed by atoms with van der Waals surface area (Å²) in [7, 11) is 1.84. The molecule has 0 spiro atoms. The minimum atomic E-state index is 0.293. The molecular formula is C24H33N5O. The number of aliphatic imine (C=N–C) groups is 1. The highest BCUT2D eigenvalue weighted by molar-refractivity contribution is 5.86. The zero-order valence-electron chi connectivity index (χ0n) is 18.0. The van der Waals surface area contributed by atoms with E-state index in [1.807, 2.05) is 11.9 Å². The van der Waals surface area contributed by atoms with Crippen molar-refractivity contribution >= 4 is 22.6 Å². The molecule has 4 rings (SSSR count). The number of guanidine groups is 1. The summed E-state index contributed by atoms with van der Waals surface area (Å²) in [5, 5.41) is 6.08. The predicted molar refractivity (Wildman–Crippen MR) is 123 cm³/mol. The van der Waals surface area contributed by atoms with E-state index in [1.54, 1.807) is 0 Å². The second kappa shape index (κ2) is 9.94. The fraction of sp³-hybridized carbons (Fsp3) is 0.500. The minimum absolute atomic E-state index is 0.293. The lowest BCUT2D eigenvalue weighted by molar-refractivity contribution is -0.133. The van der Waals surface area contributed by atoms with Crippen LogP contribution in [-0.4, -0.2) is 79.4 Å². The van der Waals surface area contributed by atoms with E-state index in [0.717, 1.165) is 64.6 Å². The first-order valence-electron chi connectivity index (χ1n) is 11.2. The number of piperazine rings is 1. The first kappa shape index (κ1) is 20.7. The molecule has 6 nitrogen and oxygen atoms in total. The standard InChI is InChI=1S/C24H33N5O/c1-25-24(26-18-21-10-7-9-20-8-3-4-11-22(20)21)29-16-14-27(15-17-29)19-23(30)28-12-5-2-6-13-28/h3-4,7-11H,2,5-6,12-19H2,1H3,(H,25,26). The number of rotatable bonds is 4. The van der Waals surface area contributed by atoms with E-state index >= 15 is 0 Å². The molecular weight excluding hydrogens is 374 g/mol. The average molecular weight is 408 g/mol. The van der Waals surface area contributed by atoms with E-state index in [-0.39, 0.29) is 0 Å². The van der Waals surface area contributed by atoms with Crippen molar-refractivity contribution in [2.24, 2.45) is 4.99 Å². The van der Waals surface area contributed by atoms with Gasteiger partial charge in [0, 0.05) is 52.9 Å². The SMILES string of the molecule is CN=C(NCc1cccc2ccccc12)N1CCN(CC(=O)N2CCCCC2)CC1. The maximum Gasteiger partial charge on any atom is 0.236 e. The number of piperidine rings is 1. The summed E-state index contributed by atoms with van der Waals surface area (Å²) in [6.45, 7) is 6.75. The van der Waals surface area contributed by atoms with E-state index in [2.05, 4.69) is 62.6 Å². The van der Waals surface area contributed by atoms with Crippen molar-refractivity contribution < 1.29 is 4.79 Å². The summed E-state index contributed by atoms with van der Waals surface area (Å²) in [4.78, 5) is 23.7. The van der Waals surface area contributed by atoms with Gasteiger partial charge in [-0.1, -0.05) is 42.5 Å². The molecule has 2 aliphatic heterocycles. The monoisotopic (exact) mass is 407 g/mol. The van der Waals surface area contributed by atoms with Crippen molar-refractivity contribution in [1.29, 1.82) is 0 Å². The number of nitrogens with zero attached hydrogens (tertiary/aromatic N) is 4. The Morgan fingerprint density at radius 1 is 0.900 bits per heavy atom. The minimum Gasteiger partial charge on any atom is -0.352 e. The van der Waals surface area contributed by atoms with Gasteiger partial charge in [-0.25, -0.2) is 0 Å². The molecule has 2 aliphatic rings. The van der Waals surface area contributed by atoms with Gasteiger partial charge in [0.2, 0.25) is 5.91 Å². The van der Waals surface area contributed by atoms with Crippen molar-refractivity contribution in [1.82, 2.24) is 20.0 Å². The van der Waals surface area contributed by atoms with Crippen LogP contribution < -0.4 is 5.32 Å². The molecule has 0 unspecified atom stereocenters. The summed E-state index contributed by atoms with van der Waals surface area (Å²) in [6, 6.07) is 14.9. The number of nitrogens with one attached hydrogen (secondary N) is 1. The molecule has 2 heterocycles. The number of fused-ring (bicyclic) bond motifs is 1. The molecule has 0 atom stereocenters. The van der Waals surface area contributed by atoms with Crippen LogP contribution in [0.5, 0.6) is 0 Å². The second-order valence-electron chi connectivity index (χ2n) is 8.24. The zero-order valence-corrected chi connectivity index (χ0v) is 18.0. The summed E-state index contributed by atoms with van der Waals surface area (Å²) in [5.74, 6) is 1.23. The van der Waals surface area contributed by atoms with Crippen LogP contribution in [0.2, 0.25) is 0 Å². The summed E-state index contributed by atoms with van der Waals surface area (Å²) in [6.07, 6.45) is 3.56. The number of amides is 1. The Morgan fingerprint density at radius 2 is 1.63 bits per heavy atom. The Morgan fingerprint density at radius 3 is 2.40 bits per heavy atom. The molecule has 160 valence electrons. The van der Waals surface area contributed by atoms with E-state index in [4.69, 9.17) is 0 Å². The van der Waals surface area contributed by atoms with Crippen LogP contribution in [0, 0.1) is 0 Å². The Labute approximate surface area is 179 Å². The van der Waals surface area contributed by atoms with Gasteiger partial charge in [-0.2, -0.15) is 0 Å². The molecule has 2 fully saturated rings. The molecule has 0 bridgehead atoms. The van der Waals surface area contributed by atoms with Crippen LogP contribution >= 0.6 is 0 Å². The van der Waals surface area contributed by atoms with Gasteiger partial charge < -0.3 is 15.1 Å². The molecule has 0 saturated carbocycles. The van der Waals surface area contributed by atoms with E-state index in [1.165, 1.54) is 22.8 Å². The summed E-state index contributed by atoms with van der Waals surface area (Å²) in [5.41, 5.74) is 1.28. The van der Waals surface area contributed by atoms with E-state index < -0.39 is 0 Å². The van der Waals surface area contributed by atoms with Crippen molar-refractivity contribution in [3.63, 3.8) is 0 Å². The Bertz CT molecular complexity index is 877. The molecule has 0 radical (unpaired) electrons. The van der Waals surface area contributed by atoms with Gasteiger partial charge in [-0.05, 0) is 35.6 Å². The van der Waals surface area contributed by atoms with Crippen molar-refractivity contribution in [2.45, 2.75) is 25.8 Å². The van der Waals surface area contributed by atoms with E-state index in [9.17, 15) is 4.79 Å². The first-order chi connectivity index (χ1) is 14.7. The fourth-order valence-corrected chi connectivity index (χ4v) is 4.51. The Kier molecular flexibility index (Phi) is 6.84. The molecule has 1 amide bonds. The highest BCUT2D eigenvalue weighted by atomic mass is 16.2. The van der Waals surface area contributed by atoms with Gasteiger partial charge in [0.1, 0.15) is 0 Å². The first-order valence-corrected chi connectivity index (χ1v) is 11.2. The molecule has 2 aromatic rings.